The van der Waals surface area contributed by atoms with Gasteiger partial charge in [-0.05, 0) is 62.3 Å². The third-order valence-corrected chi connectivity index (χ3v) is 5.55. The first-order valence-corrected chi connectivity index (χ1v) is 9.53. The lowest BCUT2D eigenvalue weighted by atomic mass is 9.96. The Morgan fingerprint density at radius 3 is 3.00 bits per heavy atom. The summed E-state index contributed by atoms with van der Waals surface area (Å²) in [5.41, 5.74) is 2.97. The number of carbonyl (C=O) groups excluding carboxylic acids is 1. The van der Waals surface area contributed by atoms with Crippen molar-refractivity contribution >= 4 is 22.2 Å². The van der Waals surface area contributed by atoms with E-state index in [0.717, 1.165) is 41.1 Å². The molecule has 1 aliphatic carbocycles. The third-order valence-electron chi connectivity index (χ3n) is 4.34. The second-order valence-corrected chi connectivity index (χ2v) is 7.45. The lowest BCUT2D eigenvalue weighted by molar-refractivity contribution is -0.116. The van der Waals surface area contributed by atoms with Crippen LogP contribution in [0.5, 0.6) is 5.75 Å². The van der Waals surface area contributed by atoms with E-state index >= 15 is 0 Å². The molecule has 0 unspecified atom stereocenters. The largest absolute Gasteiger partial charge is 0.494 e. The third kappa shape index (κ3) is 4.40. The number of rotatable bonds is 6. The van der Waals surface area contributed by atoms with Crippen molar-refractivity contribution in [1.29, 1.82) is 5.26 Å². The molecule has 130 valence electrons. The number of nitrogens with one attached hydrogen (secondary N) is 1. The molecule has 0 atom stereocenters. The maximum atomic E-state index is 12.2. The minimum absolute atomic E-state index is 0.0528. The van der Waals surface area contributed by atoms with Gasteiger partial charge >= 0.3 is 0 Å². The van der Waals surface area contributed by atoms with Gasteiger partial charge in [0.25, 0.3) is 0 Å². The number of anilines is 1. The number of carbonyl (C=O) groups is 1. The first-order valence-electron chi connectivity index (χ1n) is 8.71. The molecule has 4 nitrogen and oxygen atoms in total. The first-order chi connectivity index (χ1) is 12.2. The van der Waals surface area contributed by atoms with E-state index in [-0.39, 0.29) is 5.91 Å². The molecular weight excluding hydrogens is 332 g/mol. The molecule has 2 aromatic rings. The number of nitriles is 1. The maximum absolute atomic E-state index is 12.2. The number of benzene rings is 1. The highest BCUT2D eigenvalue weighted by atomic mass is 32.1. The van der Waals surface area contributed by atoms with E-state index in [1.54, 1.807) is 11.3 Å². The molecule has 1 heterocycles. The van der Waals surface area contributed by atoms with Crippen molar-refractivity contribution in [2.75, 3.05) is 11.9 Å². The molecular formula is C20H22N2O2S. The molecule has 1 N–H and O–H groups in total. The van der Waals surface area contributed by atoms with Crippen LogP contribution in [0.25, 0.3) is 0 Å². The van der Waals surface area contributed by atoms with Gasteiger partial charge in [-0.2, -0.15) is 5.26 Å². The average molecular weight is 354 g/mol. The zero-order valence-corrected chi connectivity index (χ0v) is 15.2. The molecule has 0 fully saturated rings. The highest BCUT2D eigenvalue weighted by Gasteiger charge is 2.21. The van der Waals surface area contributed by atoms with Crippen LogP contribution in [0.3, 0.4) is 0 Å². The minimum Gasteiger partial charge on any atom is -0.494 e. The van der Waals surface area contributed by atoms with Crippen LogP contribution in [0.4, 0.5) is 5.00 Å². The maximum Gasteiger partial charge on any atom is 0.225 e. The number of aryl methyl sites for hydroxylation is 2. The molecule has 0 saturated carbocycles. The Kier molecular flexibility index (Phi) is 5.72. The summed E-state index contributed by atoms with van der Waals surface area (Å²) < 4.78 is 5.67. The highest BCUT2D eigenvalue weighted by Crippen LogP contribution is 2.37. The van der Waals surface area contributed by atoms with Crippen molar-refractivity contribution in [3.05, 3.63) is 45.8 Å². The number of ether oxygens (including phenoxy) is 1. The smallest absolute Gasteiger partial charge is 0.225 e. The van der Waals surface area contributed by atoms with E-state index < -0.39 is 0 Å². The van der Waals surface area contributed by atoms with Crippen LogP contribution in [0.15, 0.2) is 24.3 Å². The van der Waals surface area contributed by atoms with Gasteiger partial charge in [0, 0.05) is 11.3 Å². The van der Waals surface area contributed by atoms with Crippen molar-refractivity contribution in [3.63, 3.8) is 0 Å². The fraction of sp³-hybridized carbons (Fsp3) is 0.400. The minimum atomic E-state index is -0.0528. The Morgan fingerprint density at radius 1 is 1.36 bits per heavy atom. The zero-order chi connectivity index (χ0) is 17.6. The second-order valence-electron chi connectivity index (χ2n) is 6.34. The van der Waals surface area contributed by atoms with Crippen molar-refractivity contribution < 1.29 is 9.53 Å². The van der Waals surface area contributed by atoms with E-state index in [0.29, 0.717) is 25.0 Å². The number of nitrogens with zero attached hydrogens (tertiary/aromatic N) is 1. The van der Waals surface area contributed by atoms with E-state index in [1.165, 1.54) is 11.3 Å². The molecule has 1 aromatic carbocycles. The van der Waals surface area contributed by atoms with Crippen LogP contribution in [0.1, 0.15) is 47.3 Å². The first kappa shape index (κ1) is 17.5. The molecule has 0 radical (unpaired) electrons. The van der Waals surface area contributed by atoms with Gasteiger partial charge in [0.2, 0.25) is 5.91 Å². The molecule has 5 heteroatoms. The standard InChI is InChI=1S/C20H22N2O2S/c1-14-6-4-7-15(12-14)24-11-5-10-19(23)22-20-17(13-21)16-8-2-3-9-18(16)25-20/h4,6-7,12H,2-3,5,8-11H2,1H3,(H,22,23). The number of fused-ring (bicyclic) bond motifs is 1. The van der Waals surface area contributed by atoms with Crippen LogP contribution in [0, 0.1) is 18.3 Å². The molecule has 3 rings (SSSR count). The van der Waals surface area contributed by atoms with Crippen molar-refractivity contribution in [3.8, 4) is 11.8 Å². The Hall–Kier alpha value is -2.32. The summed E-state index contributed by atoms with van der Waals surface area (Å²) in [5, 5.41) is 13.1. The zero-order valence-electron chi connectivity index (χ0n) is 14.4. The fourth-order valence-corrected chi connectivity index (χ4v) is 4.35. The molecule has 1 aliphatic rings. The monoisotopic (exact) mass is 354 g/mol. The van der Waals surface area contributed by atoms with Crippen LogP contribution in [-0.4, -0.2) is 12.5 Å². The van der Waals surface area contributed by atoms with Crippen LogP contribution in [-0.2, 0) is 17.6 Å². The average Bonchev–Trinajstić information content (AvgIpc) is 2.95. The molecule has 25 heavy (non-hydrogen) atoms. The summed E-state index contributed by atoms with van der Waals surface area (Å²) in [4.78, 5) is 13.5. The molecule has 1 aromatic heterocycles. The van der Waals surface area contributed by atoms with Crippen molar-refractivity contribution in [1.82, 2.24) is 0 Å². The predicted molar refractivity (Wildman–Crippen MR) is 100 cm³/mol. The van der Waals surface area contributed by atoms with Crippen molar-refractivity contribution in [2.24, 2.45) is 0 Å². The number of amides is 1. The molecule has 0 bridgehead atoms. The molecule has 0 saturated heterocycles. The van der Waals surface area contributed by atoms with Gasteiger partial charge in [0.15, 0.2) is 0 Å². The van der Waals surface area contributed by atoms with Crippen LogP contribution >= 0.6 is 11.3 Å². The van der Waals surface area contributed by atoms with Gasteiger partial charge in [-0.1, -0.05) is 12.1 Å². The quantitative estimate of drug-likeness (QED) is 0.771. The normalized spacial score (nSPS) is 13.0. The lowest BCUT2D eigenvalue weighted by Crippen LogP contribution is -2.12. The SMILES string of the molecule is Cc1cccc(OCCCC(=O)Nc2sc3c(c2C#N)CCCC3)c1. The number of thiophene rings is 1. The Morgan fingerprint density at radius 2 is 2.20 bits per heavy atom. The topological polar surface area (TPSA) is 62.1 Å². The van der Waals surface area contributed by atoms with Crippen LogP contribution in [0.2, 0.25) is 0 Å². The van der Waals surface area contributed by atoms with Gasteiger partial charge in [-0.25, -0.2) is 0 Å². The Labute approximate surface area is 152 Å². The summed E-state index contributed by atoms with van der Waals surface area (Å²) in [5.74, 6) is 0.779. The predicted octanol–water partition coefficient (Wildman–Crippen LogP) is 4.60. The number of hydrogen-bond donors (Lipinski definition) is 1. The lowest BCUT2D eigenvalue weighted by Gasteiger charge is -2.09. The van der Waals surface area contributed by atoms with Crippen LogP contribution < -0.4 is 10.1 Å². The second kappa shape index (κ2) is 8.17. The summed E-state index contributed by atoms with van der Waals surface area (Å²) in [6, 6.07) is 10.2. The van der Waals surface area contributed by atoms with Gasteiger partial charge in [0.1, 0.15) is 16.8 Å². The van der Waals surface area contributed by atoms with Gasteiger partial charge in [-0.3, -0.25) is 4.79 Å². The van der Waals surface area contributed by atoms with Gasteiger partial charge < -0.3 is 10.1 Å². The van der Waals surface area contributed by atoms with E-state index in [2.05, 4.69) is 11.4 Å². The molecule has 0 aliphatic heterocycles. The van der Waals surface area contributed by atoms with Gasteiger partial charge in [-0.15, -0.1) is 11.3 Å². The summed E-state index contributed by atoms with van der Waals surface area (Å²) in [7, 11) is 0. The van der Waals surface area contributed by atoms with E-state index in [1.807, 2.05) is 31.2 Å². The Bertz CT molecular complexity index is 805. The summed E-state index contributed by atoms with van der Waals surface area (Å²) in [6.45, 7) is 2.52. The molecule has 1 amide bonds. The highest BCUT2D eigenvalue weighted by molar-refractivity contribution is 7.16. The Balaban J connectivity index is 1.50. The molecule has 0 spiro atoms. The summed E-state index contributed by atoms with van der Waals surface area (Å²) in [6.07, 6.45) is 5.31. The van der Waals surface area contributed by atoms with E-state index in [9.17, 15) is 10.1 Å². The van der Waals surface area contributed by atoms with Gasteiger partial charge in [0.05, 0.1) is 12.2 Å². The summed E-state index contributed by atoms with van der Waals surface area (Å²) >= 11 is 1.57. The fourth-order valence-electron chi connectivity index (χ4n) is 3.09. The van der Waals surface area contributed by atoms with Crippen molar-refractivity contribution in [2.45, 2.75) is 45.4 Å². The number of hydrogen-bond acceptors (Lipinski definition) is 4. The van der Waals surface area contributed by atoms with E-state index in [4.69, 9.17) is 4.74 Å².